The minimum Gasteiger partial charge on any atom is -0.384 e. The van der Waals surface area contributed by atoms with E-state index in [1.54, 1.807) is 12.3 Å². The molecular formula is C12H17N5O. The Hall–Kier alpha value is -1.95. The lowest BCUT2D eigenvalue weighted by molar-refractivity contribution is 0.128. The summed E-state index contributed by atoms with van der Waals surface area (Å²) in [6, 6.07) is 1.74. The topological polar surface area (TPSA) is 78.9 Å². The van der Waals surface area contributed by atoms with Crippen molar-refractivity contribution in [2.45, 2.75) is 27.0 Å². The largest absolute Gasteiger partial charge is 0.384 e. The van der Waals surface area contributed by atoms with Crippen molar-refractivity contribution in [3.8, 4) is 11.3 Å². The molecule has 2 aromatic heterocycles. The molecule has 0 bridgehead atoms. The molecule has 6 nitrogen and oxygen atoms in total. The second-order valence-corrected chi connectivity index (χ2v) is 3.82. The molecule has 2 rings (SSSR count). The van der Waals surface area contributed by atoms with Crippen LogP contribution < -0.4 is 5.73 Å². The number of ether oxygens (including phenoxy) is 1. The average molecular weight is 247 g/mol. The Morgan fingerprint density at radius 2 is 2.17 bits per heavy atom. The third-order valence-electron chi connectivity index (χ3n) is 2.48. The van der Waals surface area contributed by atoms with E-state index in [-0.39, 0.29) is 0 Å². The summed E-state index contributed by atoms with van der Waals surface area (Å²) in [5, 5.41) is 4.22. The fraction of sp³-hybridized carbons (Fsp3) is 0.417. The number of rotatable bonds is 5. The molecule has 2 aromatic rings. The van der Waals surface area contributed by atoms with Crippen LogP contribution in [0.1, 0.15) is 19.7 Å². The lowest BCUT2D eigenvalue weighted by Gasteiger charge is -2.04. The van der Waals surface area contributed by atoms with Crippen molar-refractivity contribution < 1.29 is 4.74 Å². The second-order valence-electron chi connectivity index (χ2n) is 3.82. The van der Waals surface area contributed by atoms with Gasteiger partial charge in [-0.1, -0.05) is 0 Å². The zero-order valence-corrected chi connectivity index (χ0v) is 10.6. The van der Waals surface area contributed by atoms with Gasteiger partial charge in [-0.15, -0.1) is 0 Å². The van der Waals surface area contributed by atoms with E-state index in [1.807, 2.05) is 24.7 Å². The zero-order chi connectivity index (χ0) is 13.0. The average Bonchev–Trinajstić information content (AvgIpc) is 2.84. The summed E-state index contributed by atoms with van der Waals surface area (Å²) >= 11 is 0. The molecule has 0 spiro atoms. The van der Waals surface area contributed by atoms with Gasteiger partial charge in [0.15, 0.2) is 5.82 Å². The fourth-order valence-corrected chi connectivity index (χ4v) is 1.59. The van der Waals surface area contributed by atoms with Gasteiger partial charge in [0.25, 0.3) is 0 Å². The van der Waals surface area contributed by atoms with E-state index in [9.17, 15) is 0 Å². The molecule has 0 aliphatic carbocycles. The number of nitrogen functional groups attached to an aromatic ring is 1. The van der Waals surface area contributed by atoms with E-state index in [1.165, 1.54) is 0 Å². The van der Waals surface area contributed by atoms with E-state index >= 15 is 0 Å². The first-order valence-electron chi connectivity index (χ1n) is 5.97. The smallest absolute Gasteiger partial charge is 0.157 e. The Bertz CT molecular complexity index is 523. The van der Waals surface area contributed by atoms with Crippen LogP contribution in [0.25, 0.3) is 11.3 Å². The van der Waals surface area contributed by atoms with E-state index in [0.717, 1.165) is 17.8 Å². The number of anilines is 1. The molecular weight excluding hydrogens is 230 g/mol. The molecule has 0 saturated carbocycles. The Morgan fingerprint density at radius 1 is 1.33 bits per heavy atom. The Kier molecular flexibility index (Phi) is 3.88. The molecule has 0 radical (unpaired) electrons. The highest BCUT2D eigenvalue weighted by Crippen LogP contribution is 2.18. The van der Waals surface area contributed by atoms with Crippen molar-refractivity contribution in [1.82, 2.24) is 19.7 Å². The van der Waals surface area contributed by atoms with Crippen LogP contribution in [-0.4, -0.2) is 26.4 Å². The third-order valence-corrected chi connectivity index (χ3v) is 2.48. The van der Waals surface area contributed by atoms with Gasteiger partial charge in [-0.25, -0.2) is 9.97 Å². The summed E-state index contributed by atoms with van der Waals surface area (Å²) in [6.45, 7) is 5.79. The molecule has 0 unspecified atom stereocenters. The molecule has 96 valence electrons. The van der Waals surface area contributed by atoms with Crippen LogP contribution in [0.4, 0.5) is 5.82 Å². The van der Waals surface area contributed by atoms with E-state index in [0.29, 0.717) is 24.9 Å². The third kappa shape index (κ3) is 2.84. The zero-order valence-electron chi connectivity index (χ0n) is 10.6. The van der Waals surface area contributed by atoms with Crippen LogP contribution in [0.3, 0.4) is 0 Å². The van der Waals surface area contributed by atoms with Gasteiger partial charge in [-0.2, -0.15) is 5.10 Å². The summed E-state index contributed by atoms with van der Waals surface area (Å²) in [7, 11) is 0. The van der Waals surface area contributed by atoms with Gasteiger partial charge in [-0.3, -0.25) is 4.68 Å². The van der Waals surface area contributed by atoms with Crippen molar-refractivity contribution in [2.75, 3.05) is 12.3 Å². The quantitative estimate of drug-likeness (QED) is 0.865. The number of aromatic nitrogens is 4. The first-order valence-corrected chi connectivity index (χ1v) is 5.97. The summed E-state index contributed by atoms with van der Waals surface area (Å²) < 4.78 is 7.13. The highest BCUT2D eigenvalue weighted by molar-refractivity contribution is 5.60. The number of hydrogen-bond donors (Lipinski definition) is 1. The molecule has 0 fully saturated rings. The van der Waals surface area contributed by atoms with Gasteiger partial charge in [-0.05, 0) is 13.8 Å². The lowest BCUT2D eigenvalue weighted by Crippen LogP contribution is -2.03. The maximum atomic E-state index is 5.77. The number of nitrogens with two attached hydrogens (primary N) is 1. The summed E-state index contributed by atoms with van der Waals surface area (Å²) in [5.74, 6) is 1.04. The Morgan fingerprint density at radius 3 is 2.83 bits per heavy atom. The molecule has 2 N–H and O–H groups in total. The molecule has 18 heavy (non-hydrogen) atoms. The van der Waals surface area contributed by atoms with Crippen molar-refractivity contribution in [3.05, 3.63) is 24.3 Å². The molecule has 6 heteroatoms. The minimum atomic E-state index is 0.371. The molecule has 0 saturated heterocycles. The highest BCUT2D eigenvalue weighted by Gasteiger charge is 2.07. The number of hydrogen-bond acceptors (Lipinski definition) is 5. The van der Waals surface area contributed by atoms with E-state index < -0.39 is 0 Å². The molecule has 0 aromatic carbocycles. The standard InChI is InChI=1S/C12H17N5O/c1-3-17-7-9(6-14-17)10-5-11(13)16-12(15-10)8-18-4-2/h5-7H,3-4,8H2,1-2H3,(H2,13,15,16). The predicted octanol–water partition coefficient (Wildman–Crippen LogP) is 1.48. The Balaban J connectivity index is 2.29. The molecule has 0 atom stereocenters. The fourth-order valence-electron chi connectivity index (χ4n) is 1.59. The maximum Gasteiger partial charge on any atom is 0.157 e. The van der Waals surface area contributed by atoms with E-state index in [4.69, 9.17) is 10.5 Å². The molecule has 0 aliphatic heterocycles. The first-order chi connectivity index (χ1) is 8.72. The van der Waals surface area contributed by atoms with Crippen LogP contribution in [0.15, 0.2) is 18.5 Å². The maximum absolute atomic E-state index is 5.77. The number of nitrogens with zero attached hydrogens (tertiary/aromatic N) is 4. The van der Waals surface area contributed by atoms with Gasteiger partial charge in [0.05, 0.1) is 11.9 Å². The van der Waals surface area contributed by atoms with Gasteiger partial charge < -0.3 is 10.5 Å². The van der Waals surface area contributed by atoms with Gasteiger partial charge in [0.2, 0.25) is 0 Å². The van der Waals surface area contributed by atoms with Gasteiger partial charge in [0, 0.05) is 31.0 Å². The highest BCUT2D eigenvalue weighted by atomic mass is 16.5. The molecule has 0 aliphatic rings. The number of aryl methyl sites for hydroxylation is 1. The van der Waals surface area contributed by atoms with Crippen LogP contribution in [-0.2, 0) is 17.9 Å². The summed E-state index contributed by atoms with van der Waals surface area (Å²) in [6.07, 6.45) is 3.71. The molecule has 0 amide bonds. The second kappa shape index (κ2) is 5.59. The van der Waals surface area contributed by atoms with Crippen molar-refractivity contribution in [2.24, 2.45) is 0 Å². The van der Waals surface area contributed by atoms with Gasteiger partial charge in [0.1, 0.15) is 12.4 Å². The van der Waals surface area contributed by atoms with Crippen LogP contribution in [0, 0.1) is 0 Å². The summed E-state index contributed by atoms with van der Waals surface area (Å²) in [4.78, 5) is 8.56. The SMILES string of the molecule is CCOCc1nc(N)cc(-c2cnn(CC)c2)n1. The Labute approximate surface area is 106 Å². The van der Waals surface area contributed by atoms with E-state index in [2.05, 4.69) is 15.1 Å². The normalized spacial score (nSPS) is 10.8. The van der Waals surface area contributed by atoms with Crippen LogP contribution in [0.5, 0.6) is 0 Å². The van der Waals surface area contributed by atoms with Crippen molar-refractivity contribution in [3.63, 3.8) is 0 Å². The van der Waals surface area contributed by atoms with Crippen molar-refractivity contribution in [1.29, 1.82) is 0 Å². The summed E-state index contributed by atoms with van der Waals surface area (Å²) in [5.41, 5.74) is 7.48. The predicted molar refractivity (Wildman–Crippen MR) is 68.7 cm³/mol. The molecule has 2 heterocycles. The van der Waals surface area contributed by atoms with Crippen molar-refractivity contribution >= 4 is 5.82 Å². The van der Waals surface area contributed by atoms with Crippen LogP contribution in [0.2, 0.25) is 0 Å². The monoisotopic (exact) mass is 247 g/mol. The minimum absolute atomic E-state index is 0.371. The lowest BCUT2D eigenvalue weighted by atomic mass is 10.2. The van der Waals surface area contributed by atoms with Gasteiger partial charge >= 0.3 is 0 Å². The first kappa shape index (κ1) is 12.5. The van der Waals surface area contributed by atoms with Crippen LogP contribution >= 0.6 is 0 Å².